The Labute approximate surface area is 125 Å². The Morgan fingerprint density at radius 3 is 2.52 bits per heavy atom. The molecule has 0 aliphatic heterocycles. The molecule has 1 aromatic carbocycles. The summed E-state index contributed by atoms with van der Waals surface area (Å²) in [5, 5.41) is 0. The van der Waals surface area contributed by atoms with Crippen LogP contribution in [0.1, 0.15) is 36.5 Å². The molecule has 0 spiro atoms. The van der Waals surface area contributed by atoms with Gasteiger partial charge in [-0.2, -0.15) is 0 Å². The zero-order valence-electron chi connectivity index (χ0n) is 12.2. The molecule has 5 nitrogen and oxygen atoms in total. The van der Waals surface area contributed by atoms with E-state index in [1.807, 2.05) is 0 Å². The molecule has 0 aromatic heterocycles. The van der Waals surface area contributed by atoms with Crippen molar-refractivity contribution < 1.29 is 17.9 Å². The molecule has 116 valence electrons. The highest BCUT2D eigenvalue weighted by Crippen LogP contribution is 2.28. The first kappa shape index (κ1) is 16.1. The van der Waals surface area contributed by atoms with E-state index in [1.165, 1.54) is 44.0 Å². The van der Waals surface area contributed by atoms with E-state index >= 15 is 0 Å². The molecule has 6 heteroatoms. The second-order valence-corrected chi connectivity index (χ2v) is 7.12. The molecule has 0 bridgehead atoms. The summed E-state index contributed by atoms with van der Waals surface area (Å²) in [6, 6.07) is 5.94. The van der Waals surface area contributed by atoms with Crippen molar-refractivity contribution in [3.63, 3.8) is 0 Å². The van der Waals surface area contributed by atoms with Gasteiger partial charge >= 0.3 is 0 Å². The summed E-state index contributed by atoms with van der Waals surface area (Å²) >= 11 is 0. The molecule has 0 atom stereocenters. The lowest BCUT2D eigenvalue weighted by molar-refractivity contribution is 0.101. The third kappa shape index (κ3) is 5.22. The monoisotopic (exact) mass is 311 g/mol. The molecule has 2 rings (SSSR count). The zero-order chi connectivity index (χ0) is 15.3. The number of Topliss-reactive ketones (excluding diaryl/α,β-unsaturated/α-hetero) is 1. The summed E-state index contributed by atoms with van der Waals surface area (Å²) in [5.74, 6) is 0.640. The largest absolute Gasteiger partial charge is 0.381 e. The highest BCUT2D eigenvalue weighted by Gasteiger charge is 2.21. The first-order chi connectivity index (χ1) is 9.99. The van der Waals surface area contributed by atoms with Gasteiger partial charge in [0.05, 0.1) is 4.90 Å². The highest BCUT2D eigenvalue weighted by atomic mass is 32.2. The van der Waals surface area contributed by atoms with Crippen LogP contribution >= 0.6 is 0 Å². The van der Waals surface area contributed by atoms with Crippen molar-refractivity contribution in [2.75, 3.05) is 19.8 Å². The van der Waals surface area contributed by atoms with Crippen LogP contribution in [-0.2, 0) is 14.8 Å². The molecule has 1 saturated carbocycles. The maximum Gasteiger partial charge on any atom is 0.240 e. The Bertz CT molecular complexity index is 576. The van der Waals surface area contributed by atoms with Crippen molar-refractivity contribution in [1.29, 1.82) is 0 Å². The molecule has 0 saturated heterocycles. The van der Waals surface area contributed by atoms with Gasteiger partial charge in [-0.15, -0.1) is 0 Å². The Morgan fingerprint density at radius 2 is 1.95 bits per heavy atom. The van der Waals surface area contributed by atoms with Crippen LogP contribution in [0.25, 0.3) is 0 Å². The van der Waals surface area contributed by atoms with E-state index < -0.39 is 10.0 Å². The SMILES string of the molecule is CC(=O)c1ccc(S(=O)(=O)NCCCOCC2CC2)cc1. The van der Waals surface area contributed by atoms with Crippen LogP contribution in [0.4, 0.5) is 0 Å². The number of ether oxygens (including phenoxy) is 1. The number of hydrogen-bond donors (Lipinski definition) is 1. The number of sulfonamides is 1. The summed E-state index contributed by atoms with van der Waals surface area (Å²) in [4.78, 5) is 11.3. The van der Waals surface area contributed by atoms with Gasteiger partial charge in [0, 0.05) is 25.3 Å². The Morgan fingerprint density at radius 1 is 1.29 bits per heavy atom. The van der Waals surface area contributed by atoms with Gasteiger partial charge in [-0.3, -0.25) is 4.79 Å². The lowest BCUT2D eigenvalue weighted by atomic mass is 10.2. The van der Waals surface area contributed by atoms with Gasteiger partial charge in [-0.25, -0.2) is 13.1 Å². The average molecular weight is 311 g/mol. The van der Waals surface area contributed by atoms with Gasteiger partial charge in [0.15, 0.2) is 5.78 Å². The third-order valence-corrected chi connectivity index (χ3v) is 4.86. The molecule has 21 heavy (non-hydrogen) atoms. The number of nitrogens with one attached hydrogen (secondary N) is 1. The van der Waals surface area contributed by atoms with E-state index in [2.05, 4.69) is 4.72 Å². The first-order valence-electron chi connectivity index (χ1n) is 7.17. The number of hydrogen-bond acceptors (Lipinski definition) is 4. The maximum absolute atomic E-state index is 12.0. The molecule has 0 radical (unpaired) electrons. The fraction of sp³-hybridized carbons (Fsp3) is 0.533. The van der Waals surface area contributed by atoms with Crippen LogP contribution in [-0.4, -0.2) is 34.0 Å². The summed E-state index contributed by atoms with van der Waals surface area (Å²) in [6.45, 7) is 3.16. The van der Waals surface area contributed by atoms with Crippen molar-refractivity contribution >= 4 is 15.8 Å². The van der Waals surface area contributed by atoms with Crippen molar-refractivity contribution in [3.05, 3.63) is 29.8 Å². The summed E-state index contributed by atoms with van der Waals surface area (Å²) in [7, 11) is -3.51. The number of carbonyl (C=O) groups is 1. The molecule has 1 aromatic rings. The topological polar surface area (TPSA) is 72.5 Å². The minimum atomic E-state index is -3.51. The predicted octanol–water partition coefficient (Wildman–Crippen LogP) is 1.98. The molecule has 1 N–H and O–H groups in total. The van der Waals surface area contributed by atoms with Crippen molar-refractivity contribution in [2.45, 2.75) is 31.1 Å². The molecular formula is C15H21NO4S. The molecule has 1 aliphatic carbocycles. The van der Waals surface area contributed by atoms with Gasteiger partial charge in [0.25, 0.3) is 0 Å². The van der Waals surface area contributed by atoms with E-state index in [1.54, 1.807) is 0 Å². The smallest absolute Gasteiger partial charge is 0.240 e. The van der Waals surface area contributed by atoms with Gasteiger partial charge in [-0.1, -0.05) is 12.1 Å². The molecule has 1 fully saturated rings. The lowest BCUT2D eigenvalue weighted by Crippen LogP contribution is -2.25. The van der Waals surface area contributed by atoms with E-state index in [0.717, 1.165) is 12.5 Å². The maximum atomic E-state index is 12.0. The predicted molar refractivity (Wildman–Crippen MR) is 79.8 cm³/mol. The molecule has 0 amide bonds. The zero-order valence-corrected chi connectivity index (χ0v) is 13.0. The van der Waals surface area contributed by atoms with E-state index in [0.29, 0.717) is 25.1 Å². The molecule has 1 aliphatic rings. The quantitative estimate of drug-likeness (QED) is 0.559. The minimum absolute atomic E-state index is 0.0836. The normalized spacial score (nSPS) is 15.1. The van der Waals surface area contributed by atoms with Gasteiger partial charge in [0.2, 0.25) is 10.0 Å². The third-order valence-electron chi connectivity index (χ3n) is 3.38. The standard InChI is InChI=1S/C15H21NO4S/c1-12(17)14-5-7-15(8-6-14)21(18,19)16-9-2-10-20-11-13-3-4-13/h5-8,13,16H,2-4,9-11H2,1H3. The van der Waals surface area contributed by atoms with Crippen LogP contribution in [0.15, 0.2) is 29.2 Å². The Kier molecular flexibility index (Phi) is 5.50. The van der Waals surface area contributed by atoms with E-state index in [9.17, 15) is 13.2 Å². The first-order valence-corrected chi connectivity index (χ1v) is 8.66. The fourth-order valence-electron chi connectivity index (χ4n) is 1.87. The lowest BCUT2D eigenvalue weighted by Gasteiger charge is -2.07. The summed E-state index contributed by atoms with van der Waals surface area (Å²) < 4.78 is 32.0. The van der Waals surface area contributed by atoms with Crippen LogP contribution < -0.4 is 4.72 Å². The van der Waals surface area contributed by atoms with E-state index in [-0.39, 0.29) is 10.7 Å². The Balaban J connectivity index is 1.75. The summed E-state index contributed by atoms with van der Waals surface area (Å²) in [5.41, 5.74) is 0.502. The van der Waals surface area contributed by atoms with Gasteiger partial charge < -0.3 is 4.74 Å². The van der Waals surface area contributed by atoms with Crippen LogP contribution in [0.5, 0.6) is 0 Å². The van der Waals surface area contributed by atoms with Crippen LogP contribution in [0.2, 0.25) is 0 Å². The fourth-order valence-corrected chi connectivity index (χ4v) is 2.94. The number of rotatable bonds is 9. The van der Waals surface area contributed by atoms with Gasteiger partial charge in [0.1, 0.15) is 0 Å². The second kappa shape index (κ2) is 7.15. The number of ketones is 1. The highest BCUT2D eigenvalue weighted by molar-refractivity contribution is 7.89. The van der Waals surface area contributed by atoms with Crippen LogP contribution in [0.3, 0.4) is 0 Å². The summed E-state index contributed by atoms with van der Waals surface area (Å²) in [6.07, 6.45) is 3.16. The number of carbonyl (C=O) groups excluding carboxylic acids is 1. The number of benzene rings is 1. The molecule has 0 unspecified atom stereocenters. The van der Waals surface area contributed by atoms with E-state index in [4.69, 9.17) is 4.74 Å². The van der Waals surface area contributed by atoms with Crippen molar-refractivity contribution in [2.24, 2.45) is 5.92 Å². The molecular weight excluding hydrogens is 290 g/mol. The van der Waals surface area contributed by atoms with Gasteiger partial charge in [-0.05, 0) is 44.2 Å². The molecule has 0 heterocycles. The Hall–Kier alpha value is -1.24. The second-order valence-electron chi connectivity index (χ2n) is 5.35. The minimum Gasteiger partial charge on any atom is -0.381 e. The average Bonchev–Trinajstić information content (AvgIpc) is 3.27. The van der Waals surface area contributed by atoms with Crippen molar-refractivity contribution in [1.82, 2.24) is 4.72 Å². The van der Waals surface area contributed by atoms with Crippen molar-refractivity contribution in [3.8, 4) is 0 Å². The van der Waals surface area contributed by atoms with Crippen LogP contribution in [0, 0.1) is 5.92 Å².